The minimum atomic E-state index is 0.786. The highest BCUT2D eigenvalue weighted by Crippen LogP contribution is 2.13. The van der Waals surface area contributed by atoms with Crippen molar-refractivity contribution in [1.82, 2.24) is 4.98 Å². The van der Waals surface area contributed by atoms with E-state index in [1.165, 1.54) is 30.4 Å². The van der Waals surface area contributed by atoms with Gasteiger partial charge in [0.15, 0.2) is 0 Å². The predicted octanol–water partition coefficient (Wildman–Crippen LogP) is 3.37. The maximum Gasteiger partial charge on any atom is 0.0300 e. The molecule has 0 amide bonds. The first kappa shape index (κ1) is 10.2. The third kappa shape index (κ3) is 3.58. The van der Waals surface area contributed by atoms with E-state index in [1.54, 1.807) is 0 Å². The van der Waals surface area contributed by atoms with Crippen LogP contribution in [0.5, 0.6) is 0 Å². The molecule has 0 fully saturated rings. The molecule has 0 aromatic carbocycles. The number of hydrogen-bond donors (Lipinski definition) is 0. The van der Waals surface area contributed by atoms with Crippen molar-refractivity contribution in [2.24, 2.45) is 5.92 Å². The van der Waals surface area contributed by atoms with Gasteiger partial charge in [-0.2, -0.15) is 0 Å². The summed E-state index contributed by atoms with van der Waals surface area (Å²) < 4.78 is 0. The fraction of sp³-hybridized carbons (Fsp3) is 0.583. The van der Waals surface area contributed by atoms with E-state index < -0.39 is 0 Å². The predicted molar refractivity (Wildman–Crippen MR) is 56.8 cm³/mol. The lowest BCUT2D eigenvalue weighted by Gasteiger charge is -2.09. The molecular formula is C12H19N. The number of rotatable bonds is 4. The number of pyridine rings is 1. The molecule has 1 nitrogen and oxygen atoms in total. The highest BCUT2D eigenvalue weighted by atomic mass is 14.6. The van der Waals surface area contributed by atoms with Crippen LogP contribution in [-0.2, 0) is 6.42 Å². The molecule has 0 aliphatic heterocycles. The average Bonchev–Trinajstić information content (AvgIpc) is 2.04. The van der Waals surface area contributed by atoms with E-state index in [0.29, 0.717) is 0 Å². The molecule has 0 aliphatic rings. The van der Waals surface area contributed by atoms with Crippen LogP contribution in [0.25, 0.3) is 0 Å². The molecule has 0 aliphatic carbocycles. The minimum absolute atomic E-state index is 0.786. The molecule has 1 atom stereocenters. The van der Waals surface area contributed by atoms with Crippen molar-refractivity contribution >= 4 is 0 Å². The number of nitrogens with zero attached hydrogens (tertiary/aromatic N) is 1. The van der Waals surface area contributed by atoms with E-state index in [1.807, 2.05) is 12.4 Å². The molecule has 0 spiro atoms. The summed E-state index contributed by atoms with van der Waals surface area (Å²) in [4.78, 5) is 4.20. The minimum Gasteiger partial charge on any atom is -0.264 e. The molecule has 1 aromatic heterocycles. The summed E-state index contributed by atoms with van der Waals surface area (Å²) in [5.41, 5.74) is 2.64. The van der Waals surface area contributed by atoms with Gasteiger partial charge in [-0.25, -0.2) is 0 Å². The van der Waals surface area contributed by atoms with Crippen LogP contribution in [0.3, 0.4) is 0 Å². The Bertz CT molecular complexity index is 255. The molecule has 1 unspecified atom stereocenters. The second kappa shape index (κ2) is 5.00. The van der Waals surface area contributed by atoms with E-state index in [4.69, 9.17) is 0 Å². The van der Waals surface area contributed by atoms with Crippen LogP contribution in [0, 0.1) is 12.8 Å². The largest absolute Gasteiger partial charge is 0.264 e. The molecule has 13 heavy (non-hydrogen) atoms. The van der Waals surface area contributed by atoms with Gasteiger partial charge in [-0.15, -0.1) is 0 Å². The van der Waals surface area contributed by atoms with Crippen molar-refractivity contribution in [3.63, 3.8) is 0 Å². The van der Waals surface area contributed by atoms with E-state index in [-0.39, 0.29) is 0 Å². The molecule has 0 saturated carbocycles. The van der Waals surface area contributed by atoms with Crippen LogP contribution in [-0.4, -0.2) is 4.98 Å². The lowest BCUT2D eigenvalue weighted by atomic mass is 9.97. The van der Waals surface area contributed by atoms with Gasteiger partial charge in [-0.05, 0) is 30.4 Å². The van der Waals surface area contributed by atoms with E-state index in [0.717, 1.165) is 5.92 Å². The monoisotopic (exact) mass is 177 g/mol. The first-order valence-corrected chi connectivity index (χ1v) is 5.13. The molecule has 0 saturated heterocycles. The van der Waals surface area contributed by atoms with Gasteiger partial charge in [-0.1, -0.05) is 32.8 Å². The summed E-state index contributed by atoms with van der Waals surface area (Å²) in [7, 11) is 0. The van der Waals surface area contributed by atoms with Crippen LogP contribution in [0.1, 0.15) is 37.8 Å². The van der Waals surface area contributed by atoms with Crippen LogP contribution >= 0.6 is 0 Å². The van der Waals surface area contributed by atoms with Crippen LogP contribution < -0.4 is 0 Å². The number of aromatic nitrogens is 1. The zero-order chi connectivity index (χ0) is 9.68. The second-order valence-corrected chi connectivity index (χ2v) is 3.97. The third-order valence-corrected chi connectivity index (χ3v) is 2.30. The Morgan fingerprint density at radius 3 is 2.77 bits per heavy atom. The van der Waals surface area contributed by atoms with Gasteiger partial charge in [0.2, 0.25) is 0 Å². The van der Waals surface area contributed by atoms with Gasteiger partial charge in [0, 0.05) is 12.4 Å². The molecule has 1 aromatic rings. The number of hydrogen-bond acceptors (Lipinski definition) is 1. The Morgan fingerprint density at radius 1 is 1.38 bits per heavy atom. The van der Waals surface area contributed by atoms with Crippen molar-refractivity contribution in [3.8, 4) is 0 Å². The normalized spacial score (nSPS) is 12.8. The summed E-state index contributed by atoms with van der Waals surface area (Å²) >= 11 is 0. The lowest BCUT2D eigenvalue weighted by molar-refractivity contribution is 0.521. The maximum atomic E-state index is 4.20. The third-order valence-electron chi connectivity index (χ3n) is 2.30. The van der Waals surface area contributed by atoms with Crippen molar-refractivity contribution in [2.45, 2.75) is 40.0 Å². The van der Waals surface area contributed by atoms with Crippen LogP contribution in [0.2, 0.25) is 0 Å². The molecule has 1 heterocycles. The van der Waals surface area contributed by atoms with Crippen molar-refractivity contribution in [3.05, 3.63) is 29.6 Å². The van der Waals surface area contributed by atoms with Crippen molar-refractivity contribution in [1.29, 1.82) is 0 Å². The van der Waals surface area contributed by atoms with Gasteiger partial charge in [-0.3, -0.25) is 4.98 Å². The van der Waals surface area contributed by atoms with Crippen LogP contribution in [0.15, 0.2) is 18.5 Å². The Balaban J connectivity index is 2.53. The Morgan fingerprint density at radius 2 is 2.15 bits per heavy atom. The Kier molecular flexibility index (Phi) is 3.94. The van der Waals surface area contributed by atoms with Gasteiger partial charge < -0.3 is 0 Å². The summed E-state index contributed by atoms with van der Waals surface area (Å²) in [6.45, 7) is 6.65. The molecule has 72 valence electrons. The molecule has 0 radical (unpaired) electrons. The molecule has 1 heteroatoms. The van der Waals surface area contributed by atoms with Gasteiger partial charge >= 0.3 is 0 Å². The average molecular weight is 177 g/mol. The standard InChI is InChI=1S/C12H19N/c1-4-5-10(2)6-12-7-11(3)8-13-9-12/h7-10H,4-6H2,1-3H3. The summed E-state index contributed by atoms with van der Waals surface area (Å²) in [6.07, 6.45) is 7.66. The fourth-order valence-corrected chi connectivity index (χ4v) is 1.73. The van der Waals surface area contributed by atoms with E-state index in [2.05, 4.69) is 31.8 Å². The maximum absolute atomic E-state index is 4.20. The highest BCUT2D eigenvalue weighted by Gasteiger charge is 2.02. The zero-order valence-corrected chi connectivity index (χ0v) is 8.88. The summed E-state index contributed by atoms with van der Waals surface area (Å²) in [5.74, 6) is 0.786. The van der Waals surface area contributed by atoms with Gasteiger partial charge in [0.25, 0.3) is 0 Å². The Hall–Kier alpha value is -0.850. The lowest BCUT2D eigenvalue weighted by Crippen LogP contribution is -1.99. The summed E-state index contributed by atoms with van der Waals surface area (Å²) in [6, 6.07) is 2.24. The molecule has 0 N–H and O–H groups in total. The van der Waals surface area contributed by atoms with Gasteiger partial charge in [0.1, 0.15) is 0 Å². The second-order valence-electron chi connectivity index (χ2n) is 3.97. The molecule has 1 rings (SSSR count). The van der Waals surface area contributed by atoms with Crippen LogP contribution in [0.4, 0.5) is 0 Å². The quantitative estimate of drug-likeness (QED) is 0.687. The highest BCUT2D eigenvalue weighted by molar-refractivity contribution is 5.16. The topological polar surface area (TPSA) is 12.9 Å². The van der Waals surface area contributed by atoms with Gasteiger partial charge in [0.05, 0.1) is 0 Å². The first-order chi connectivity index (χ1) is 6.22. The fourth-order valence-electron chi connectivity index (χ4n) is 1.73. The SMILES string of the molecule is CCCC(C)Cc1cncc(C)c1. The summed E-state index contributed by atoms with van der Waals surface area (Å²) in [5, 5.41) is 0. The van der Waals surface area contributed by atoms with E-state index >= 15 is 0 Å². The zero-order valence-electron chi connectivity index (χ0n) is 8.88. The smallest absolute Gasteiger partial charge is 0.0300 e. The van der Waals surface area contributed by atoms with Crippen molar-refractivity contribution in [2.75, 3.05) is 0 Å². The number of aryl methyl sites for hydroxylation is 1. The van der Waals surface area contributed by atoms with Crippen molar-refractivity contribution < 1.29 is 0 Å². The molecule has 0 bridgehead atoms. The van der Waals surface area contributed by atoms with E-state index in [9.17, 15) is 0 Å². The Labute approximate surface area is 81.2 Å². The molecular weight excluding hydrogens is 158 g/mol. The first-order valence-electron chi connectivity index (χ1n) is 5.13.